The highest BCUT2D eigenvalue weighted by Crippen LogP contribution is 2.22. The summed E-state index contributed by atoms with van der Waals surface area (Å²) in [6.45, 7) is 4.38. The van der Waals surface area contributed by atoms with Crippen LogP contribution in [0, 0.1) is 13.8 Å². The molecule has 0 fully saturated rings. The van der Waals surface area contributed by atoms with Gasteiger partial charge in [-0.05, 0) is 31.0 Å². The van der Waals surface area contributed by atoms with Crippen molar-refractivity contribution in [2.75, 3.05) is 0 Å². The highest BCUT2D eigenvalue weighted by molar-refractivity contribution is 5.42. The Morgan fingerprint density at radius 2 is 1.77 bits per heavy atom. The molecule has 4 nitrogen and oxygen atoms in total. The minimum absolute atomic E-state index is 0.301. The highest BCUT2D eigenvalue weighted by Gasteiger charge is 2.03. The van der Waals surface area contributed by atoms with Crippen molar-refractivity contribution in [3.05, 3.63) is 28.8 Å². The van der Waals surface area contributed by atoms with Crippen LogP contribution in [0.4, 0.5) is 0 Å². The molecule has 13 heavy (non-hydrogen) atoms. The van der Waals surface area contributed by atoms with Crippen LogP contribution < -0.4 is 17.4 Å². The van der Waals surface area contributed by atoms with Gasteiger partial charge in [-0.25, -0.2) is 0 Å². The predicted octanol–water partition coefficient (Wildman–Crippen LogP) is 0.287. The number of phenols is 1. The molecular weight excluding hydrogens is 166 g/mol. The molecule has 0 aliphatic rings. The van der Waals surface area contributed by atoms with Crippen LogP contribution in [0.5, 0.6) is 5.75 Å². The normalized spacial score (nSPS) is 9.00. The average Bonchev–Trinajstić information content (AvgIpc) is 2.16. The first-order valence-electron chi connectivity index (χ1n) is 3.98. The molecule has 0 amide bonds. The Morgan fingerprint density at radius 1 is 1.23 bits per heavy atom. The summed E-state index contributed by atoms with van der Waals surface area (Å²) in [6.07, 6.45) is 0. The molecule has 74 valence electrons. The number of hydrogen-bond donors (Lipinski definition) is 4. The summed E-state index contributed by atoms with van der Waals surface area (Å²) in [5, 5.41) is 9.34. The minimum Gasteiger partial charge on any atom is -0.508 e. The number of hydrogen-bond acceptors (Lipinski definition) is 4. The SMILES string of the molecule is Cc1ccc(O)c(CN)c1C.NN. The van der Waals surface area contributed by atoms with E-state index in [4.69, 9.17) is 5.73 Å². The topological polar surface area (TPSA) is 98.3 Å². The van der Waals surface area contributed by atoms with E-state index in [0.717, 1.165) is 11.1 Å². The fourth-order valence-corrected chi connectivity index (χ4v) is 1.12. The molecule has 0 spiro atoms. The van der Waals surface area contributed by atoms with Crippen molar-refractivity contribution in [3.63, 3.8) is 0 Å². The van der Waals surface area contributed by atoms with Gasteiger partial charge >= 0.3 is 0 Å². The number of aryl methyl sites for hydroxylation is 1. The van der Waals surface area contributed by atoms with Gasteiger partial charge in [0.1, 0.15) is 5.75 Å². The van der Waals surface area contributed by atoms with E-state index >= 15 is 0 Å². The second kappa shape index (κ2) is 5.53. The molecule has 0 saturated carbocycles. The van der Waals surface area contributed by atoms with Gasteiger partial charge in [-0.15, -0.1) is 0 Å². The third-order valence-corrected chi connectivity index (χ3v) is 2.05. The lowest BCUT2D eigenvalue weighted by Crippen LogP contribution is -2.02. The molecule has 1 aromatic carbocycles. The monoisotopic (exact) mass is 183 g/mol. The van der Waals surface area contributed by atoms with Crippen molar-refractivity contribution in [1.29, 1.82) is 0 Å². The third-order valence-electron chi connectivity index (χ3n) is 2.05. The van der Waals surface area contributed by atoms with Gasteiger partial charge < -0.3 is 10.8 Å². The predicted molar refractivity (Wildman–Crippen MR) is 53.8 cm³/mol. The van der Waals surface area contributed by atoms with E-state index in [1.54, 1.807) is 6.07 Å². The largest absolute Gasteiger partial charge is 0.508 e. The van der Waals surface area contributed by atoms with Gasteiger partial charge in [0.2, 0.25) is 0 Å². The number of phenolic OH excluding ortho intramolecular Hbond substituents is 1. The molecule has 1 rings (SSSR count). The Hall–Kier alpha value is -1.10. The molecule has 0 aliphatic heterocycles. The first-order chi connectivity index (χ1) is 6.16. The van der Waals surface area contributed by atoms with Crippen molar-refractivity contribution < 1.29 is 5.11 Å². The molecule has 0 heterocycles. The van der Waals surface area contributed by atoms with Crippen LogP contribution in [0.3, 0.4) is 0 Å². The second-order valence-electron chi connectivity index (χ2n) is 2.71. The highest BCUT2D eigenvalue weighted by atomic mass is 16.3. The zero-order valence-electron chi connectivity index (χ0n) is 8.04. The Labute approximate surface area is 78.3 Å². The van der Waals surface area contributed by atoms with Crippen molar-refractivity contribution in [1.82, 2.24) is 0 Å². The van der Waals surface area contributed by atoms with Gasteiger partial charge in [0.15, 0.2) is 0 Å². The molecule has 0 aromatic heterocycles. The fourth-order valence-electron chi connectivity index (χ4n) is 1.12. The van der Waals surface area contributed by atoms with Gasteiger partial charge in [0.25, 0.3) is 0 Å². The van der Waals surface area contributed by atoms with Gasteiger partial charge in [0, 0.05) is 12.1 Å². The summed E-state index contributed by atoms with van der Waals surface area (Å²) in [7, 11) is 0. The lowest BCUT2D eigenvalue weighted by Gasteiger charge is -2.07. The van der Waals surface area contributed by atoms with Gasteiger partial charge in [-0.3, -0.25) is 11.7 Å². The molecular formula is C9H17N3O. The zero-order valence-corrected chi connectivity index (χ0v) is 8.04. The number of benzene rings is 1. The first kappa shape index (κ1) is 11.9. The molecule has 0 saturated heterocycles. The first-order valence-corrected chi connectivity index (χ1v) is 3.98. The average molecular weight is 183 g/mol. The van der Waals surface area contributed by atoms with Gasteiger partial charge in [0.05, 0.1) is 0 Å². The van der Waals surface area contributed by atoms with E-state index < -0.39 is 0 Å². The maximum atomic E-state index is 9.34. The summed E-state index contributed by atoms with van der Waals surface area (Å²) in [6, 6.07) is 3.58. The van der Waals surface area contributed by atoms with E-state index in [1.807, 2.05) is 19.9 Å². The Balaban J connectivity index is 0.000000671. The van der Waals surface area contributed by atoms with E-state index in [9.17, 15) is 5.11 Å². The minimum atomic E-state index is 0.301. The second-order valence-corrected chi connectivity index (χ2v) is 2.71. The van der Waals surface area contributed by atoms with Crippen LogP contribution >= 0.6 is 0 Å². The smallest absolute Gasteiger partial charge is 0.120 e. The Morgan fingerprint density at radius 3 is 2.15 bits per heavy atom. The van der Waals surface area contributed by atoms with E-state index in [-0.39, 0.29) is 0 Å². The van der Waals surface area contributed by atoms with Crippen molar-refractivity contribution in [2.45, 2.75) is 20.4 Å². The lowest BCUT2D eigenvalue weighted by molar-refractivity contribution is 0.467. The van der Waals surface area contributed by atoms with Crippen LogP contribution in [0.15, 0.2) is 12.1 Å². The van der Waals surface area contributed by atoms with Crippen molar-refractivity contribution in [3.8, 4) is 5.75 Å². The third kappa shape index (κ3) is 2.69. The maximum Gasteiger partial charge on any atom is 0.120 e. The zero-order chi connectivity index (χ0) is 10.4. The standard InChI is InChI=1S/C9H13NO.H4N2/c1-6-3-4-9(11)8(5-10)7(6)2;1-2/h3-4,11H,5,10H2,1-2H3;1-2H2. The molecule has 0 unspecified atom stereocenters. The number of hydrazine groups is 1. The Bertz CT molecular complexity index is 274. The molecule has 1 aromatic rings. The quantitative estimate of drug-likeness (QED) is 0.371. The number of rotatable bonds is 1. The summed E-state index contributed by atoms with van der Waals surface area (Å²) in [4.78, 5) is 0. The van der Waals surface area contributed by atoms with Crippen molar-refractivity contribution in [2.24, 2.45) is 17.4 Å². The van der Waals surface area contributed by atoms with E-state index in [2.05, 4.69) is 11.7 Å². The van der Waals surface area contributed by atoms with Crippen LogP contribution in [0.1, 0.15) is 16.7 Å². The van der Waals surface area contributed by atoms with Crippen molar-refractivity contribution >= 4 is 0 Å². The van der Waals surface area contributed by atoms with Gasteiger partial charge in [-0.2, -0.15) is 0 Å². The van der Waals surface area contributed by atoms with Crippen LogP contribution in [-0.4, -0.2) is 5.11 Å². The lowest BCUT2D eigenvalue weighted by atomic mass is 10.0. The molecule has 0 aliphatic carbocycles. The maximum absolute atomic E-state index is 9.34. The molecule has 4 heteroatoms. The molecule has 0 radical (unpaired) electrons. The van der Waals surface area contributed by atoms with Crippen LogP contribution in [-0.2, 0) is 6.54 Å². The molecule has 7 N–H and O–H groups in total. The fraction of sp³-hybridized carbons (Fsp3) is 0.333. The summed E-state index contributed by atoms with van der Waals surface area (Å²) in [5.41, 5.74) is 8.57. The summed E-state index contributed by atoms with van der Waals surface area (Å²) in [5.74, 6) is 8.30. The summed E-state index contributed by atoms with van der Waals surface area (Å²) < 4.78 is 0. The summed E-state index contributed by atoms with van der Waals surface area (Å²) >= 11 is 0. The van der Waals surface area contributed by atoms with Crippen LogP contribution in [0.2, 0.25) is 0 Å². The number of aromatic hydroxyl groups is 1. The van der Waals surface area contributed by atoms with Gasteiger partial charge in [-0.1, -0.05) is 6.07 Å². The van der Waals surface area contributed by atoms with Crippen LogP contribution in [0.25, 0.3) is 0 Å². The Kier molecular flexibility index (Phi) is 5.06. The molecule has 0 bridgehead atoms. The number of nitrogens with two attached hydrogens (primary N) is 3. The van der Waals surface area contributed by atoms with E-state index in [0.29, 0.717) is 12.3 Å². The van der Waals surface area contributed by atoms with E-state index in [1.165, 1.54) is 5.56 Å². The molecule has 0 atom stereocenters.